The van der Waals surface area contributed by atoms with Crippen molar-refractivity contribution in [2.75, 3.05) is 6.79 Å². The summed E-state index contributed by atoms with van der Waals surface area (Å²) in [7, 11) is 0. The first-order chi connectivity index (χ1) is 9.46. The molecule has 1 heterocycles. The Hall–Kier alpha value is -2.41. The van der Waals surface area contributed by atoms with Crippen molar-refractivity contribution in [3.05, 3.63) is 35.9 Å². The van der Waals surface area contributed by atoms with Crippen LogP contribution in [0.1, 0.15) is 25.8 Å². The molecule has 20 heavy (non-hydrogen) atoms. The summed E-state index contributed by atoms with van der Waals surface area (Å²) >= 11 is 0. The van der Waals surface area contributed by atoms with Gasteiger partial charge >= 0.3 is 5.97 Å². The van der Waals surface area contributed by atoms with E-state index in [2.05, 4.69) is 12.5 Å². The summed E-state index contributed by atoms with van der Waals surface area (Å²) in [6.07, 6.45) is 5.65. The minimum Gasteiger partial charge on any atom is -0.454 e. The van der Waals surface area contributed by atoms with Gasteiger partial charge in [-0.25, -0.2) is 4.79 Å². The van der Waals surface area contributed by atoms with E-state index in [0.29, 0.717) is 17.1 Å². The molecule has 1 aromatic carbocycles. The lowest BCUT2D eigenvalue weighted by Gasteiger charge is -2.28. The van der Waals surface area contributed by atoms with Crippen LogP contribution in [0, 0.1) is 12.3 Å². The molecule has 2 rings (SSSR count). The number of carbonyl (C=O) groups excluding carboxylic acids is 1. The highest BCUT2D eigenvalue weighted by Crippen LogP contribution is 2.38. The van der Waals surface area contributed by atoms with Crippen LogP contribution in [0.25, 0.3) is 0 Å². The van der Waals surface area contributed by atoms with Crippen molar-refractivity contribution in [1.29, 1.82) is 0 Å². The van der Waals surface area contributed by atoms with E-state index >= 15 is 0 Å². The van der Waals surface area contributed by atoms with Crippen LogP contribution >= 0.6 is 0 Å². The summed E-state index contributed by atoms with van der Waals surface area (Å²) in [5.74, 6) is 3.36. The second kappa shape index (κ2) is 5.30. The SMILES string of the molecule is C#CCC(C)(OC(=O)C(=C)C)c1ccc2c(c1)OCO2. The molecule has 4 nitrogen and oxygen atoms in total. The molecule has 0 aliphatic carbocycles. The molecule has 1 aliphatic rings. The summed E-state index contributed by atoms with van der Waals surface area (Å²) < 4.78 is 16.1. The fourth-order valence-electron chi connectivity index (χ4n) is 1.91. The van der Waals surface area contributed by atoms with Crippen LogP contribution in [-0.4, -0.2) is 12.8 Å². The Balaban J connectivity index is 2.34. The summed E-state index contributed by atoms with van der Waals surface area (Å²) in [4.78, 5) is 11.8. The highest BCUT2D eigenvalue weighted by atomic mass is 16.7. The average molecular weight is 272 g/mol. The van der Waals surface area contributed by atoms with Gasteiger partial charge in [0.1, 0.15) is 5.60 Å². The van der Waals surface area contributed by atoms with Gasteiger partial charge in [0.25, 0.3) is 0 Å². The van der Waals surface area contributed by atoms with Crippen molar-refractivity contribution in [2.24, 2.45) is 0 Å². The van der Waals surface area contributed by atoms with E-state index in [1.165, 1.54) is 0 Å². The normalized spacial score (nSPS) is 15.1. The number of fused-ring (bicyclic) bond motifs is 1. The second-order valence-corrected chi connectivity index (χ2v) is 4.85. The van der Waals surface area contributed by atoms with E-state index in [-0.39, 0.29) is 13.2 Å². The van der Waals surface area contributed by atoms with E-state index in [4.69, 9.17) is 20.6 Å². The lowest BCUT2D eigenvalue weighted by Crippen LogP contribution is -2.29. The molecule has 0 saturated carbocycles. The predicted octanol–water partition coefficient (Wildman–Crippen LogP) is 2.77. The van der Waals surface area contributed by atoms with Crippen LogP contribution in [0.15, 0.2) is 30.4 Å². The Morgan fingerprint density at radius 3 is 2.85 bits per heavy atom. The number of benzene rings is 1. The monoisotopic (exact) mass is 272 g/mol. The largest absolute Gasteiger partial charge is 0.454 e. The fraction of sp³-hybridized carbons (Fsp3) is 0.312. The molecule has 0 amide bonds. The molecule has 1 aliphatic heterocycles. The number of esters is 1. The topological polar surface area (TPSA) is 44.8 Å². The Labute approximate surface area is 118 Å². The molecule has 0 aromatic heterocycles. The number of terminal acetylenes is 1. The molecular formula is C16H16O4. The fourth-order valence-corrected chi connectivity index (χ4v) is 1.91. The van der Waals surface area contributed by atoms with Crippen LogP contribution in [0.4, 0.5) is 0 Å². The number of ether oxygens (including phenoxy) is 3. The van der Waals surface area contributed by atoms with Gasteiger partial charge in [-0.3, -0.25) is 0 Å². The van der Waals surface area contributed by atoms with Crippen molar-refractivity contribution in [3.63, 3.8) is 0 Å². The molecule has 0 spiro atoms. The molecule has 1 aromatic rings. The van der Waals surface area contributed by atoms with Gasteiger partial charge in [0.15, 0.2) is 11.5 Å². The molecule has 0 radical (unpaired) electrons. The third-order valence-electron chi connectivity index (χ3n) is 3.09. The lowest BCUT2D eigenvalue weighted by atomic mass is 9.92. The summed E-state index contributed by atoms with van der Waals surface area (Å²) in [5.41, 5.74) is 0.162. The van der Waals surface area contributed by atoms with Crippen molar-refractivity contribution < 1.29 is 19.0 Å². The number of rotatable bonds is 4. The first kappa shape index (κ1) is 14.0. The zero-order valence-corrected chi connectivity index (χ0v) is 11.6. The molecule has 1 unspecified atom stereocenters. The van der Waals surface area contributed by atoms with E-state index < -0.39 is 11.6 Å². The minimum absolute atomic E-state index is 0.191. The van der Waals surface area contributed by atoms with Crippen LogP contribution in [0.5, 0.6) is 11.5 Å². The van der Waals surface area contributed by atoms with Crippen molar-refractivity contribution >= 4 is 5.97 Å². The van der Waals surface area contributed by atoms with Crippen molar-refractivity contribution in [3.8, 4) is 23.8 Å². The molecule has 0 N–H and O–H groups in total. The Kier molecular flexibility index (Phi) is 3.71. The molecule has 0 bridgehead atoms. The van der Waals surface area contributed by atoms with Gasteiger partial charge < -0.3 is 14.2 Å². The zero-order chi connectivity index (χ0) is 14.8. The molecule has 0 saturated heterocycles. The standard InChI is InChI=1S/C16H16O4/c1-5-8-16(4,20-15(17)11(2)3)12-6-7-13-14(9-12)19-10-18-13/h1,6-7,9H,2,8,10H2,3-4H3. The van der Waals surface area contributed by atoms with E-state index in [1.54, 1.807) is 26.0 Å². The molecule has 4 heteroatoms. The molecular weight excluding hydrogens is 256 g/mol. The maximum atomic E-state index is 11.8. The van der Waals surface area contributed by atoms with Crippen LogP contribution in [0.2, 0.25) is 0 Å². The Morgan fingerprint density at radius 1 is 1.50 bits per heavy atom. The Morgan fingerprint density at radius 2 is 2.20 bits per heavy atom. The van der Waals surface area contributed by atoms with Crippen molar-refractivity contribution in [2.45, 2.75) is 25.9 Å². The second-order valence-electron chi connectivity index (χ2n) is 4.85. The number of hydrogen-bond donors (Lipinski definition) is 0. The highest BCUT2D eigenvalue weighted by molar-refractivity contribution is 5.87. The average Bonchev–Trinajstić information content (AvgIpc) is 2.85. The van der Waals surface area contributed by atoms with E-state index in [0.717, 1.165) is 5.56 Å². The van der Waals surface area contributed by atoms with E-state index in [9.17, 15) is 4.79 Å². The van der Waals surface area contributed by atoms with Gasteiger partial charge in [-0.05, 0) is 26.0 Å². The summed E-state index contributed by atoms with van der Waals surface area (Å²) in [5, 5.41) is 0. The maximum absolute atomic E-state index is 11.8. The minimum atomic E-state index is -0.925. The Bertz CT molecular complexity index is 597. The van der Waals surface area contributed by atoms with Crippen LogP contribution in [0.3, 0.4) is 0 Å². The van der Waals surface area contributed by atoms with E-state index in [1.807, 2.05) is 6.07 Å². The first-order valence-corrected chi connectivity index (χ1v) is 6.19. The molecule has 104 valence electrons. The molecule has 1 atom stereocenters. The third kappa shape index (κ3) is 2.62. The van der Waals surface area contributed by atoms with Gasteiger partial charge in [-0.2, -0.15) is 0 Å². The van der Waals surface area contributed by atoms with Crippen LogP contribution in [-0.2, 0) is 15.1 Å². The zero-order valence-electron chi connectivity index (χ0n) is 11.6. The predicted molar refractivity (Wildman–Crippen MR) is 74.3 cm³/mol. The van der Waals surface area contributed by atoms with Gasteiger partial charge in [-0.1, -0.05) is 12.6 Å². The number of carbonyl (C=O) groups is 1. The first-order valence-electron chi connectivity index (χ1n) is 6.19. The van der Waals surface area contributed by atoms with Crippen molar-refractivity contribution in [1.82, 2.24) is 0 Å². The van der Waals surface area contributed by atoms with Gasteiger partial charge in [0, 0.05) is 11.1 Å². The van der Waals surface area contributed by atoms with Gasteiger partial charge in [-0.15, -0.1) is 12.3 Å². The quantitative estimate of drug-likeness (QED) is 0.480. The maximum Gasteiger partial charge on any atom is 0.334 e. The van der Waals surface area contributed by atoms with Gasteiger partial charge in [0.2, 0.25) is 6.79 Å². The summed E-state index contributed by atoms with van der Waals surface area (Å²) in [6.45, 7) is 7.14. The number of hydrogen-bond acceptors (Lipinski definition) is 4. The lowest BCUT2D eigenvalue weighted by molar-refractivity contribution is -0.153. The smallest absolute Gasteiger partial charge is 0.334 e. The highest BCUT2D eigenvalue weighted by Gasteiger charge is 2.32. The van der Waals surface area contributed by atoms with Gasteiger partial charge in [0.05, 0.1) is 6.42 Å². The molecule has 0 fully saturated rings. The third-order valence-corrected chi connectivity index (χ3v) is 3.09. The summed E-state index contributed by atoms with van der Waals surface area (Å²) in [6, 6.07) is 5.38. The van der Waals surface area contributed by atoms with Crippen LogP contribution < -0.4 is 9.47 Å².